The zero-order chi connectivity index (χ0) is 31.7. The second-order valence-corrected chi connectivity index (χ2v) is 10.7. The number of hydrogen-bond acceptors (Lipinski definition) is 5. The van der Waals surface area contributed by atoms with E-state index in [4.69, 9.17) is 28.8 Å². The first-order chi connectivity index (χ1) is 19.5. The van der Waals surface area contributed by atoms with Crippen molar-refractivity contribution < 1.29 is 40.4 Å². The van der Waals surface area contributed by atoms with Crippen LogP contribution in [0.5, 0.6) is 0 Å². The Hall–Kier alpha value is -2.91. The minimum atomic E-state index is -4.79. The zero-order valence-corrected chi connectivity index (χ0v) is 23.8. The quantitative estimate of drug-likeness (QED) is 0.162. The number of anilines is 1. The Balaban J connectivity index is 2.21. The van der Waals surface area contributed by atoms with Gasteiger partial charge < -0.3 is 32.3 Å². The molecule has 8 nitrogen and oxygen atoms in total. The van der Waals surface area contributed by atoms with Crippen LogP contribution in [0.1, 0.15) is 29.5 Å². The highest BCUT2D eigenvalue weighted by atomic mass is 35.5. The largest absolute Gasteiger partial charge is 0.417 e. The SMILES string of the molecule is C[N+](CCN)(CCN)CCCC(N)C(=O)N[C@H](Cc1ccc(C(F)(F)F)cc1)C(=O)Nc1ccc(Cl)c(C(F)(F)F)c1. The van der Waals surface area contributed by atoms with Crippen LogP contribution in [0.4, 0.5) is 32.0 Å². The van der Waals surface area contributed by atoms with Gasteiger partial charge in [0.05, 0.1) is 48.9 Å². The number of halogens is 7. The monoisotopic (exact) mass is 625 g/mol. The van der Waals surface area contributed by atoms with Crippen molar-refractivity contribution in [2.45, 2.75) is 43.7 Å². The summed E-state index contributed by atoms with van der Waals surface area (Å²) in [4.78, 5) is 26.1. The van der Waals surface area contributed by atoms with E-state index in [9.17, 15) is 35.9 Å². The van der Waals surface area contributed by atoms with Gasteiger partial charge in [-0.05, 0) is 48.7 Å². The van der Waals surface area contributed by atoms with Crippen LogP contribution in [0.2, 0.25) is 5.02 Å². The Bertz CT molecular complexity index is 1190. The first-order valence-corrected chi connectivity index (χ1v) is 13.5. The summed E-state index contributed by atoms with van der Waals surface area (Å²) in [5.74, 6) is -1.61. The fraction of sp³-hybridized carbons (Fsp3) is 0.481. The lowest BCUT2D eigenvalue weighted by Gasteiger charge is -2.34. The first kappa shape index (κ1) is 35.3. The van der Waals surface area contributed by atoms with E-state index in [2.05, 4.69) is 10.6 Å². The number of amides is 2. The standard InChI is InChI=1S/C27H35ClF6N6O2/c1-40(13-10-35,14-11-36)12-2-3-22(37)24(41)39-23(15-17-4-6-18(7-5-17)26(29,30)31)25(42)38-19-8-9-21(28)20(16-19)27(32,33)34/h4-9,16,22-23H,2-3,10-15,35-37H2,1H3,(H-,38,39,41,42)/p+1/t22?,23-/m1/s1. The van der Waals surface area contributed by atoms with Crippen molar-refractivity contribution in [3.8, 4) is 0 Å². The summed E-state index contributed by atoms with van der Waals surface area (Å²) in [6, 6.07) is 4.28. The molecule has 0 saturated carbocycles. The van der Waals surface area contributed by atoms with Crippen LogP contribution in [0.25, 0.3) is 0 Å². The van der Waals surface area contributed by atoms with Crippen LogP contribution in [0.3, 0.4) is 0 Å². The van der Waals surface area contributed by atoms with E-state index in [0.29, 0.717) is 49.7 Å². The lowest BCUT2D eigenvalue weighted by atomic mass is 10.0. The average Bonchev–Trinajstić information content (AvgIpc) is 2.88. The number of hydrogen-bond donors (Lipinski definition) is 5. The van der Waals surface area contributed by atoms with Crippen LogP contribution in [-0.2, 0) is 28.4 Å². The number of alkyl halides is 6. The van der Waals surface area contributed by atoms with E-state index >= 15 is 0 Å². The predicted molar refractivity (Wildman–Crippen MR) is 148 cm³/mol. The number of nitrogens with zero attached hydrogens (tertiary/aromatic N) is 1. The number of nitrogens with two attached hydrogens (primary N) is 3. The summed E-state index contributed by atoms with van der Waals surface area (Å²) in [6.07, 6.45) is -8.85. The molecule has 234 valence electrons. The minimum Gasteiger partial charge on any atom is -0.343 e. The second-order valence-electron chi connectivity index (χ2n) is 10.3. The third-order valence-electron chi connectivity index (χ3n) is 6.78. The molecule has 0 spiro atoms. The molecule has 0 aromatic heterocycles. The summed E-state index contributed by atoms with van der Waals surface area (Å²) >= 11 is 5.64. The Morgan fingerprint density at radius 2 is 1.50 bits per heavy atom. The average molecular weight is 626 g/mol. The van der Waals surface area contributed by atoms with Crippen LogP contribution < -0.4 is 27.8 Å². The van der Waals surface area contributed by atoms with E-state index in [1.54, 1.807) is 0 Å². The molecular weight excluding hydrogens is 590 g/mol. The normalized spacial score (nSPS) is 13.9. The number of likely N-dealkylation sites (N-methyl/N-ethyl adjacent to an activating group) is 1. The molecule has 0 heterocycles. The third kappa shape index (κ3) is 10.7. The summed E-state index contributed by atoms with van der Waals surface area (Å²) in [5, 5.41) is 4.23. The second kappa shape index (κ2) is 15.0. The maximum absolute atomic E-state index is 13.3. The van der Waals surface area contributed by atoms with Gasteiger partial charge in [-0.3, -0.25) is 9.59 Å². The van der Waals surface area contributed by atoms with E-state index in [0.717, 1.165) is 36.4 Å². The number of quaternary nitrogens is 1. The summed E-state index contributed by atoms with van der Waals surface area (Å²) < 4.78 is 79.4. The molecule has 2 rings (SSSR count). The van der Waals surface area contributed by atoms with Crippen molar-refractivity contribution in [3.05, 3.63) is 64.2 Å². The fourth-order valence-electron chi connectivity index (χ4n) is 4.39. The van der Waals surface area contributed by atoms with E-state index in [1.807, 2.05) is 7.05 Å². The molecule has 2 amide bonds. The Morgan fingerprint density at radius 3 is 2.02 bits per heavy atom. The Morgan fingerprint density at radius 1 is 0.905 bits per heavy atom. The molecule has 8 N–H and O–H groups in total. The lowest BCUT2D eigenvalue weighted by molar-refractivity contribution is -0.907. The maximum Gasteiger partial charge on any atom is 0.417 e. The molecule has 0 aliphatic heterocycles. The van der Waals surface area contributed by atoms with Crippen LogP contribution in [-0.4, -0.2) is 68.2 Å². The topological polar surface area (TPSA) is 136 Å². The molecule has 0 aliphatic carbocycles. The highest BCUT2D eigenvalue weighted by Crippen LogP contribution is 2.36. The molecule has 1 unspecified atom stereocenters. The number of carbonyl (C=O) groups is 2. The van der Waals surface area contributed by atoms with Crippen molar-refractivity contribution in [3.63, 3.8) is 0 Å². The molecule has 0 bridgehead atoms. The Labute approximate surface area is 245 Å². The van der Waals surface area contributed by atoms with Gasteiger partial charge in [0.25, 0.3) is 0 Å². The lowest BCUT2D eigenvalue weighted by Crippen LogP contribution is -2.52. The molecule has 15 heteroatoms. The van der Waals surface area contributed by atoms with Crippen LogP contribution in [0, 0.1) is 0 Å². The minimum absolute atomic E-state index is 0.246. The van der Waals surface area contributed by atoms with Gasteiger partial charge in [0.2, 0.25) is 11.8 Å². The molecule has 0 radical (unpaired) electrons. The van der Waals surface area contributed by atoms with E-state index in [-0.39, 0.29) is 24.1 Å². The Kier molecular flexibility index (Phi) is 12.6. The smallest absolute Gasteiger partial charge is 0.343 e. The fourth-order valence-corrected chi connectivity index (χ4v) is 4.61. The molecule has 0 aliphatic rings. The highest BCUT2D eigenvalue weighted by Gasteiger charge is 2.34. The van der Waals surface area contributed by atoms with Gasteiger partial charge in [-0.1, -0.05) is 23.7 Å². The van der Waals surface area contributed by atoms with Crippen molar-refractivity contribution in [2.24, 2.45) is 17.2 Å². The van der Waals surface area contributed by atoms with Gasteiger partial charge in [0.1, 0.15) is 6.04 Å². The molecular formula is C27H36ClF6N6O2+. The van der Waals surface area contributed by atoms with E-state index in [1.165, 1.54) is 0 Å². The van der Waals surface area contributed by atoms with Crippen LogP contribution in [0.15, 0.2) is 42.5 Å². The predicted octanol–water partition coefficient (Wildman–Crippen LogP) is 3.52. The molecule has 42 heavy (non-hydrogen) atoms. The summed E-state index contributed by atoms with van der Waals surface area (Å²) in [6.45, 7) is 2.89. The van der Waals surface area contributed by atoms with Crippen LogP contribution >= 0.6 is 11.6 Å². The van der Waals surface area contributed by atoms with Gasteiger partial charge in [-0.15, -0.1) is 0 Å². The number of nitrogens with one attached hydrogen (secondary N) is 2. The van der Waals surface area contributed by atoms with Gasteiger partial charge in [-0.25, -0.2) is 0 Å². The molecule has 0 saturated heterocycles. The summed E-state index contributed by atoms with van der Waals surface area (Å²) in [7, 11) is 1.98. The van der Waals surface area contributed by atoms with Crippen molar-refractivity contribution in [1.82, 2.24) is 5.32 Å². The summed E-state index contributed by atoms with van der Waals surface area (Å²) in [5.41, 5.74) is 15.4. The maximum atomic E-state index is 13.3. The molecule has 0 fully saturated rings. The first-order valence-electron chi connectivity index (χ1n) is 13.1. The molecule has 2 aromatic carbocycles. The van der Waals surface area contributed by atoms with E-state index < -0.39 is 52.4 Å². The molecule has 2 aromatic rings. The van der Waals surface area contributed by atoms with Gasteiger partial charge in [0, 0.05) is 25.2 Å². The van der Waals surface area contributed by atoms with Gasteiger partial charge >= 0.3 is 12.4 Å². The van der Waals surface area contributed by atoms with Gasteiger partial charge in [0.15, 0.2) is 0 Å². The van der Waals surface area contributed by atoms with Gasteiger partial charge in [-0.2, -0.15) is 26.3 Å². The van der Waals surface area contributed by atoms with Crippen molar-refractivity contribution >= 4 is 29.1 Å². The number of rotatable bonds is 14. The number of benzene rings is 2. The zero-order valence-electron chi connectivity index (χ0n) is 23.0. The third-order valence-corrected chi connectivity index (χ3v) is 7.11. The number of carbonyl (C=O) groups excluding carboxylic acids is 2. The highest BCUT2D eigenvalue weighted by molar-refractivity contribution is 6.31. The van der Waals surface area contributed by atoms with Crippen molar-refractivity contribution in [2.75, 3.05) is 45.1 Å². The molecule has 2 atom stereocenters. The van der Waals surface area contributed by atoms with Crippen molar-refractivity contribution in [1.29, 1.82) is 0 Å².